The molecule has 7 nitrogen and oxygen atoms in total. The van der Waals surface area contributed by atoms with Crippen molar-refractivity contribution in [2.24, 2.45) is 0 Å². The molecular weight excluding hydrogens is 373 g/mol. The van der Waals surface area contributed by atoms with Crippen molar-refractivity contribution in [1.82, 2.24) is 4.72 Å². The number of carbonyl (C=O) groups is 2. The van der Waals surface area contributed by atoms with E-state index in [4.69, 9.17) is 0 Å². The van der Waals surface area contributed by atoms with Gasteiger partial charge in [0.2, 0.25) is 21.8 Å². The number of hydrogen-bond acceptors (Lipinski definition) is 4. The number of sulfonamides is 1. The number of nitrogens with zero attached hydrogens (tertiary/aromatic N) is 1. The Kier molecular flexibility index (Phi) is 6.65. The molecule has 0 aromatic heterocycles. The first-order valence-electron chi connectivity index (χ1n) is 8.10. The van der Waals surface area contributed by atoms with Crippen LogP contribution in [0.25, 0.3) is 0 Å². The first kappa shape index (κ1) is 20.5. The van der Waals surface area contributed by atoms with Crippen LogP contribution in [-0.4, -0.2) is 33.3 Å². The predicted octanol–water partition coefficient (Wildman–Crippen LogP) is 2.12. The smallest absolute Gasteiger partial charge is 0.240 e. The maximum absolute atomic E-state index is 12.9. The van der Waals surface area contributed by atoms with Crippen molar-refractivity contribution in [1.29, 1.82) is 0 Å². The summed E-state index contributed by atoms with van der Waals surface area (Å²) >= 11 is 0. The summed E-state index contributed by atoms with van der Waals surface area (Å²) in [6, 6.07) is 11.1. The fourth-order valence-corrected chi connectivity index (χ4v) is 3.43. The van der Waals surface area contributed by atoms with E-state index in [-0.39, 0.29) is 29.8 Å². The molecule has 0 fully saturated rings. The first-order chi connectivity index (χ1) is 12.7. The van der Waals surface area contributed by atoms with Gasteiger partial charge in [-0.3, -0.25) is 9.59 Å². The molecule has 27 heavy (non-hydrogen) atoms. The fourth-order valence-electron chi connectivity index (χ4n) is 2.41. The summed E-state index contributed by atoms with van der Waals surface area (Å²) in [7, 11) is -3.82. The average Bonchev–Trinajstić information content (AvgIpc) is 2.58. The van der Waals surface area contributed by atoms with Gasteiger partial charge in [-0.1, -0.05) is 6.07 Å². The van der Waals surface area contributed by atoms with E-state index in [1.807, 2.05) is 0 Å². The van der Waals surface area contributed by atoms with Crippen LogP contribution in [-0.2, 0) is 19.6 Å². The summed E-state index contributed by atoms with van der Waals surface area (Å²) < 4.78 is 39.8. The molecule has 2 amide bonds. The van der Waals surface area contributed by atoms with Gasteiger partial charge in [0, 0.05) is 38.3 Å². The van der Waals surface area contributed by atoms with Crippen molar-refractivity contribution >= 4 is 33.2 Å². The SMILES string of the molecule is CC(=O)Nc1cccc(N(CCNS(=O)(=O)c2ccc(F)cc2)C(C)=O)c1. The molecule has 0 unspecified atom stereocenters. The zero-order valence-electron chi connectivity index (χ0n) is 14.9. The summed E-state index contributed by atoms with van der Waals surface area (Å²) in [5.74, 6) is -1.06. The lowest BCUT2D eigenvalue weighted by Gasteiger charge is -2.22. The highest BCUT2D eigenvalue weighted by atomic mass is 32.2. The molecule has 0 saturated heterocycles. The van der Waals surface area contributed by atoms with E-state index in [2.05, 4.69) is 10.0 Å². The standard InChI is InChI=1S/C18H20FN3O4S/c1-13(23)21-16-4-3-5-17(12-16)22(14(2)24)11-10-20-27(25,26)18-8-6-15(19)7-9-18/h3-9,12,20H,10-11H2,1-2H3,(H,21,23). The molecule has 2 aromatic rings. The number of nitrogens with one attached hydrogen (secondary N) is 2. The minimum absolute atomic E-state index is 0.0380. The number of carbonyl (C=O) groups excluding carboxylic acids is 2. The molecule has 2 aromatic carbocycles. The Hall–Kier alpha value is -2.78. The Balaban J connectivity index is 2.08. The van der Waals surface area contributed by atoms with Gasteiger partial charge >= 0.3 is 0 Å². The molecule has 0 bridgehead atoms. The third kappa shape index (κ3) is 5.87. The van der Waals surface area contributed by atoms with E-state index >= 15 is 0 Å². The lowest BCUT2D eigenvalue weighted by Crippen LogP contribution is -2.37. The largest absolute Gasteiger partial charge is 0.326 e. The number of rotatable bonds is 7. The summed E-state index contributed by atoms with van der Waals surface area (Å²) in [5.41, 5.74) is 1.05. The molecule has 2 rings (SSSR count). The van der Waals surface area contributed by atoms with E-state index < -0.39 is 15.8 Å². The molecule has 9 heteroatoms. The van der Waals surface area contributed by atoms with Gasteiger partial charge in [0.1, 0.15) is 5.82 Å². The highest BCUT2D eigenvalue weighted by Gasteiger charge is 2.16. The van der Waals surface area contributed by atoms with Gasteiger partial charge in [-0.15, -0.1) is 0 Å². The second-order valence-corrected chi connectivity index (χ2v) is 7.52. The van der Waals surface area contributed by atoms with Crippen LogP contribution in [0.15, 0.2) is 53.4 Å². The third-order valence-corrected chi connectivity index (χ3v) is 5.09. The number of hydrogen-bond donors (Lipinski definition) is 2. The van der Waals surface area contributed by atoms with Crippen molar-refractivity contribution in [2.75, 3.05) is 23.3 Å². The predicted molar refractivity (Wildman–Crippen MR) is 100 cm³/mol. The number of benzene rings is 2. The van der Waals surface area contributed by atoms with Gasteiger partial charge in [0.15, 0.2) is 0 Å². The molecular formula is C18H20FN3O4S. The molecule has 0 atom stereocenters. The highest BCUT2D eigenvalue weighted by molar-refractivity contribution is 7.89. The van der Waals surface area contributed by atoms with Crippen molar-refractivity contribution in [3.8, 4) is 0 Å². The lowest BCUT2D eigenvalue weighted by molar-refractivity contribution is -0.116. The number of amides is 2. The van der Waals surface area contributed by atoms with Crippen LogP contribution in [0, 0.1) is 5.82 Å². The van der Waals surface area contributed by atoms with Gasteiger partial charge in [-0.25, -0.2) is 17.5 Å². The Morgan fingerprint density at radius 1 is 1.07 bits per heavy atom. The molecule has 0 aliphatic rings. The van der Waals surface area contributed by atoms with Crippen molar-refractivity contribution < 1.29 is 22.4 Å². The Bertz CT molecular complexity index is 930. The van der Waals surface area contributed by atoms with Crippen LogP contribution < -0.4 is 14.9 Å². The zero-order chi connectivity index (χ0) is 20.0. The number of anilines is 2. The summed E-state index contributed by atoms with van der Waals surface area (Å²) in [6.07, 6.45) is 0. The highest BCUT2D eigenvalue weighted by Crippen LogP contribution is 2.19. The van der Waals surface area contributed by atoms with Crippen molar-refractivity contribution in [2.45, 2.75) is 18.7 Å². The van der Waals surface area contributed by atoms with Crippen LogP contribution in [0.2, 0.25) is 0 Å². The van der Waals surface area contributed by atoms with Crippen LogP contribution in [0.4, 0.5) is 15.8 Å². The van der Waals surface area contributed by atoms with Gasteiger partial charge in [-0.05, 0) is 42.5 Å². The summed E-state index contributed by atoms with van der Waals surface area (Å²) in [5, 5.41) is 2.63. The van der Waals surface area contributed by atoms with Crippen LogP contribution in [0.5, 0.6) is 0 Å². The normalized spacial score (nSPS) is 11.1. The molecule has 0 radical (unpaired) electrons. The molecule has 0 heterocycles. The van der Waals surface area contributed by atoms with Gasteiger partial charge < -0.3 is 10.2 Å². The Labute approximate surface area is 157 Å². The fraction of sp³-hybridized carbons (Fsp3) is 0.222. The molecule has 0 saturated carbocycles. The topological polar surface area (TPSA) is 95.6 Å². The molecule has 2 N–H and O–H groups in total. The van der Waals surface area contributed by atoms with E-state index in [9.17, 15) is 22.4 Å². The zero-order valence-corrected chi connectivity index (χ0v) is 15.7. The van der Waals surface area contributed by atoms with E-state index in [1.165, 1.54) is 18.7 Å². The molecule has 0 aliphatic heterocycles. The molecule has 0 aliphatic carbocycles. The van der Waals surface area contributed by atoms with Gasteiger partial charge in [0.05, 0.1) is 4.90 Å². The van der Waals surface area contributed by atoms with Gasteiger partial charge in [-0.2, -0.15) is 0 Å². The minimum Gasteiger partial charge on any atom is -0.326 e. The van der Waals surface area contributed by atoms with Gasteiger partial charge in [0.25, 0.3) is 0 Å². The third-order valence-electron chi connectivity index (χ3n) is 3.61. The Morgan fingerprint density at radius 3 is 2.33 bits per heavy atom. The first-order valence-corrected chi connectivity index (χ1v) is 9.58. The van der Waals surface area contributed by atoms with Crippen LogP contribution in [0.1, 0.15) is 13.8 Å². The van der Waals surface area contributed by atoms with Crippen molar-refractivity contribution in [3.05, 3.63) is 54.3 Å². The maximum Gasteiger partial charge on any atom is 0.240 e. The second-order valence-electron chi connectivity index (χ2n) is 5.75. The summed E-state index contributed by atoms with van der Waals surface area (Å²) in [4.78, 5) is 24.5. The quantitative estimate of drug-likeness (QED) is 0.753. The maximum atomic E-state index is 12.9. The average molecular weight is 393 g/mol. The van der Waals surface area contributed by atoms with Crippen molar-refractivity contribution in [3.63, 3.8) is 0 Å². The van der Waals surface area contributed by atoms with E-state index in [0.717, 1.165) is 24.3 Å². The molecule has 144 valence electrons. The van der Waals surface area contributed by atoms with Crippen LogP contribution in [0.3, 0.4) is 0 Å². The van der Waals surface area contributed by atoms with Crippen LogP contribution >= 0.6 is 0 Å². The second kappa shape index (κ2) is 8.74. The van der Waals surface area contributed by atoms with E-state index in [1.54, 1.807) is 24.3 Å². The monoisotopic (exact) mass is 393 g/mol. The Morgan fingerprint density at radius 2 is 1.74 bits per heavy atom. The van der Waals surface area contributed by atoms with E-state index in [0.29, 0.717) is 11.4 Å². The number of halogens is 1. The molecule has 0 spiro atoms. The summed E-state index contributed by atoms with van der Waals surface area (Å²) in [6.45, 7) is 2.78. The minimum atomic E-state index is -3.82. The lowest BCUT2D eigenvalue weighted by atomic mass is 10.2.